The smallest absolute Gasteiger partial charge is 0.0457 e. The summed E-state index contributed by atoms with van der Waals surface area (Å²) in [4.78, 5) is 3.25. The number of hydrogen-bond donors (Lipinski definition) is 2. The van der Waals surface area contributed by atoms with E-state index in [0.717, 1.165) is 0 Å². The molecule has 2 aromatic rings. The summed E-state index contributed by atoms with van der Waals surface area (Å²) in [5.74, 6) is 0.687. The first-order chi connectivity index (χ1) is 7.84. The van der Waals surface area contributed by atoms with Crippen molar-refractivity contribution in [1.29, 1.82) is 0 Å². The van der Waals surface area contributed by atoms with E-state index in [0.29, 0.717) is 5.92 Å². The van der Waals surface area contributed by atoms with Gasteiger partial charge in [0.2, 0.25) is 0 Å². The van der Waals surface area contributed by atoms with Crippen molar-refractivity contribution in [2.75, 3.05) is 0 Å². The van der Waals surface area contributed by atoms with Crippen molar-refractivity contribution in [2.24, 2.45) is 11.7 Å². The molecule has 0 unspecified atom stereocenters. The van der Waals surface area contributed by atoms with Crippen molar-refractivity contribution in [3.8, 4) is 0 Å². The molecule has 1 saturated carbocycles. The van der Waals surface area contributed by atoms with Gasteiger partial charge in [0.25, 0.3) is 0 Å². The fourth-order valence-electron chi connectivity index (χ4n) is 2.86. The van der Waals surface area contributed by atoms with E-state index < -0.39 is 0 Å². The zero-order valence-electron chi connectivity index (χ0n) is 9.86. The molecule has 1 aliphatic carbocycles. The quantitative estimate of drug-likeness (QED) is 0.837. The molecule has 0 bridgehead atoms. The first-order valence-corrected chi connectivity index (χ1v) is 6.17. The van der Waals surface area contributed by atoms with Crippen molar-refractivity contribution >= 4 is 23.3 Å². The molecule has 0 saturated heterocycles. The van der Waals surface area contributed by atoms with Gasteiger partial charge in [-0.05, 0) is 41.8 Å². The van der Waals surface area contributed by atoms with E-state index in [1.54, 1.807) is 0 Å². The van der Waals surface area contributed by atoms with Crippen LogP contribution in [0.3, 0.4) is 0 Å². The summed E-state index contributed by atoms with van der Waals surface area (Å²) in [6.07, 6.45) is 7.27. The van der Waals surface area contributed by atoms with E-state index in [4.69, 9.17) is 5.73 Å². The summed E-state index contributed by atoms with van der Waals surface area (Å²) in [6, 6.07) is 8.86. The first kappa shape index (κ1) is 12.5. The number of nitrogens with one attached hydrogen (secondary N) is 1. The lowest BCUT2D eigenvalue weighted by Gasteiger charge is -2.19. The predicted molar refractivity (Wildman–Crippen MR) is 74.4 cm³/mol. The highest BCUT2D eigenvalue weighted by Crippen LogP contribution is 2.34. The molecule has 1 aromatic carbocycles. The number of fused-ring (bicyclic) bond motifs is 1. The SMILES string of the molecule is Cl.N[C@@H](c1ccc2cc[nH]c2c1)C1CCCC1. The molecule has 2 nitrogen and oxygen atoms in total. The predicted octanol–water partition coefficient (Wildman–Crippen LogP) is 3.78. The van der Waals surface area contributed by atoms with Crippen LogP contribution in [-0.2, 0) is 0 Å². The molecule has 17 heavy (non-hydrogen) atoms. The van der Waals surface area contributed by atoms with E-state index in [2.05, 4.69) is 29.2 Å². The van der Waals surface area contributed by atoms with Crippen LogP contribution in [0.4, 0.5) is 0 Å². The van der Waals surface area contributed by atoms with Gasteiger partial charge in [0.15, 0.2) is 0 Å². The standard InChI is InChI=1S/C14H18N2.ClH/c15-14(11-3-1-2-4-11)12-6-5-10-7-8-16-13(10)9-12;/h5-9,11,14,16H,1-4,15H2;1H/t14-;/m1./s1. The summed E-state index contributed by atoms with van der Waals surface area (Å²) in [7, 11) is 0. The zero-order valence-corrected chi connectivity index (χ0v) is 10.7. The molecule has 1 fully saturated rings. The maximum atomic E-state index is 6.35. The normalized spacial score (nSPS) is 18.2. The lowest BCUT2D eigenvalue weighted by Crippen LogP contribution is -2.18. The Balaban J connectivity index is 0.00000108. The number of halogens is 1. The molecule has 0 spiro atoms. The third-order valence-electron chi connectivity index (χ3n) is 3.87. The zero-order chi connectivity index (χ0) is 11.0. The Kier molecular flexibility index (Phi) is 3.75. The fourth-order valence-corrected chi connectivity index (χ4v) is 2.86. The van der Waals surface area contributed by atoms with Crippen molar-refractivity contribution in [3.05, 3.63) is 36.0 Å². The average Bonchev–Trinajstić information content (AvgIpc) is 2.98. The van der Waals surface area contributed by atoms with Gasteiger partial charge in [-0.3, -0.25) is 0 Å². The van der Waals surface area contributed by atoms with Crippen LogP contribution in [0.25, 0.3) is 10.9 Å². The second kappa shape index (κ2) is 5.11. The first-order valence-electron chi connectivity index (χ1n) is 6.17. The molecule has 1 heterocycles. The van der Waals surface area contributed by atoms with Gasteiger partial charge in [0.05, 0.1) is 0 Å². The lowest BCUT2D eigenvalue weighted by atomic mass is 9.92. The number of aromatic amines is 1. The van der Waals surface area contributed by atoms with Crippen LogP contribution in [0.5, 0.6) is 0 Å². The molecule has 1 aromatic heterocycles. The van der Waals surface area contributed by atoms with E-state index in [9.17, 15) is 0 Å². The van der Waals surface area contributed by atoms with Gasteiger partial charge < -0.3 is 10.7 Å². The second-order valence-corrected chi connectivity index (χ2v) is 4.89. The number of nitrogens with two attached hydrogens (primary N) is 1. The van der Waals surface area contributed by atoms with Gasteiger partial charge in [-0.25, -0.2) is 0 Å². The number of H-pyrrole nitrogens is 1. The highest BCUT2D eigenvalue weighted by molar-refractivity contribution is 5.85. The monoisotopic (exact) mass is 250 g/mol. The fraction of sp³-hybridized carbons (Fsp3) is 0.429. The van der Waals surface area contributed by atoms with Crippen LogP contribution in [0.1, 0.15) is 37.3 Å². The average molecular weight is 251 g/mol. The van der Waals surface area contributed by atoms with Gasteiger partial charge in [-0.15, -0.1) is 12.4 Å². The Bertz CT molecular complexity index is 486. The maximum absolute atomic E-state index is 6.35. The van der Waals surface area contributed by atoms with Crippen LogP contribution in [-0.4, -0.2) is 4.98 Å². The van der Waals surface area contributed by atoms with Crippen LogP contribution >= 0.6 is 12.4 Å². The summed E-state index contributed by atoms with van der Waals surface area (Å²) in [5.41, 5.74) is 8.83. The molecule has 3 rings (SSSR count). The van der Waals surface area contributed by atoms with E-state index in [1.165, 1.54) is 42.1 Å². The van der Waals surface area contributed by atoms with Crippen molar-refractivity contribution in [2.45, 2.75) is 31.7 Å². The molecule has 1 atom stereocenters. The van der Waals surface area contributed by atoms with Crippen LogP contribution in [0.2, 0.25) is 0 Å². The topological polar surface area (TPSA) is 41.8 Å². The number of aromatic nitrogens is 1. The van der Waals surface area contributed by atoms with E-state index in [-0.39, 0.29) is 18.4 Å². The van der Waals surface area contributed by atoms with Gasteiger partial charge in [-0.2, -0.15) is 0 Å². The van der Waals surface area contributed by atoms with Crippen LogP contribution in [0, 0.1) is 5.92 Å². The van der Waals surface area contributed by atoms with Gasteiger partial charge >= 0.3 is 0 Å². The highest BCUT2D eigenvalue weighted by atomic mass is 35.5. The molecule has 3 heteroatoms. The maximum Gasteiger partial charge on any atom is 0.0457 e. The van der Waals surface area contributed by atoms with Crippen molar-refractivity contribution in [1.82, 2.24) is 4.98 Å². The number of rotatable bonds is 2. The molecule has 3 N–H and O–H groups in total. The molecular weight excluding hydrogens is 232 g/mol. The summed E-state index contributed by atoms with van der Waals surface area (Å²) >= 11 is 0. The minimum Gasteiger partial charge on any atom is -0.361 e. The summed E-state index contributed by atoms with van der Waals surface area (Å²) in [6.45, 7) is 0. The van der Waals surface area contributed by atoms with E-state index in [1.807, 2.05) is 6.20 Å². The molecule has 92 valence electrons. The van der Waals surface area contributed by atoms with Gasteiger partial charge in [0.1, 0.15) is 0 Å². The molecule has 0 radical (unpaired) electrons. The third kappa shape index (κ3) is 2.33. The number of benzene rings is 1. The second-order valence-electron chi connectivity index (χ2n) is 4.89. The molecule has 1 aliphatic rings. The highest BCUT2D eigenvalue weighted by Gasteiger charge is 2.23. The Labute approximate surface area is 108 Å². The van der Waals surface area contributed by atoms with Crippen molar-refractivity contribution < 1.29 is 0 Å². The minimum atomic E-state index is 0. The van der Waals surface area contributed by atoms with Crippen LogP contribution in [0.15, 0.2) is 30.5 Å². The van der Waals surface area contributed by atoms with Crippen molar-refractivity contribution in [3.63, 3.8) is 0 Å². The summed E-state index contributed by atoms with van der Waals surface area (Å²) in [5, 5.41) is 1.27. The Morgan fingerprint density at radius 3 is 2.71 bits per heavy atom. The van der Waals surface area contributed by atoms with Gasteiger partial charge in [-0.1, -0.05) is 25.0 Å². The minimum absolute atomic E-state index is 0. The van der Waals surface area contributed by atoms with Crippen LogP contribution < -0.4 is 5.73 Å². The largest absolute Gasteiger partial charge is 0.361 e. The Morgan fingerprint density at radius 1 is 1.18 bits per heavy atom. The third-order valence-corrected chi connectivity index (χ3v) is 3.87. The number of hydrogen-bond acceptors (Lipinski definition) is 1. The molecule has 0 amide bonds. The van der Waals surface area contributed by atoms with Gasteiger partial charge in [0, 0.05) is 17.8 Å². The van der Waals surface area contributed by atoms with E-state index >= 15 is 0 Å². The molecular formula is C14H19ClN2. The molecule has 0 aliphatic heterocycles. The Morgan fingerprint density at radius 2 is 1.94 bits per heavy atom. The summed E-state index contributed by atoms with van der Waals surface area (Å²) < 4.78 is 0. The lowest BCUT2D eigenvalue weighted by molar-refractivity contribution is 0.445. The Hall–Kier alpha value is -0.990.